The second kappa shape index (κ2) is 5.82. The summed E-state index contributed by atoms with van der Waals surface area (Å²) in [5.41, 5.74) is 14.0. The van der Waals surface area contributed by atoms with Crippen molar-refractivity contribution in [3.05, 3.63) is 47.5 Å². The minimum atomic E-state index is 0.265. The zero-order chi connectivity index (χ0) is 13.7. The molecule has 2 rings (SSSR count). The van der Waals surface area contributed by atoms with Crippen LogP contribution in [0.4, 0.5) is 11.4 Å². The molecule has 0 unspecified atom stereocenters. The van der Waals surface area contributed by atoms with Gasteiger partial charge in [0.05, 0.1) is 0 Å². The van der Waals surface area contributed by atoms with Gasteiger partial charge in [-0.1, -0.05) is 0 Å². The second-order valence-corrected chi connectivity index (χ2v) is 4.09. The Morgan fingerprint density at radius 1 is 0.833 bits per heavy atom. The molecule has 0 aromatic heterocycles. The van der Waals surface area contributed by atoms with E-state index < -0.39 is 0 Å². The van der Waals surface area contributed by atoms with Gasteiger partial charge in [-0.3, -0.25) is 0 Å². The summed E-state index contributed by atoms with van der Waals surface area (Å²) >= 11 is 0. The normalized spacial score (nSPS) is 9.44. The van der Waals surface area contributed by atoms with Crippen LogP contribution in [0.25, 0.3) is 0 Å². The average Bonchev–Trinajstić information content (AvgIpc) is 2.30. The summed E-state index contributed by atoms with van der Waals surface area (Å²) in [6.45, 7) is 3.67. The number of anilines is 2. The second-order valence-electron chi connectivity index (χ2n) is 4.09. The number of phenols is 2. The van der Waals surface area contributed by atoms with Crippen molar-refractivity contribution in [3.63, 3.8) is 0 Å². The van der Waals surface area contributed by atoms with Crippen molar-refractivity contribution in [1.82, 2.24) is 0 Å². The summed E-state index contributed by atoms with van der Waals surface area (Å²) < 4.78 is 0. The molecule has 96 valence electrons. The van der Waals surface area contributed by atoms with Crippen LogP contribution < -0.4 is 11.5 Å². The predicted molar refractivity (Wildman–Crippen MR) is 74.5 cm³/mol. The van der Waals surface area contributed by atoms with Crippen LogP contribution in [0.3, 0.4) is 0 Å². The van der Waals surface area contributed by atoms with Gasteiger partial charge in [-0.15, -0.1) is 0 Å². The summed E-state index contributed by atoms with van der Waals surface area (Å²) in [6.07, 6.45) is 0. The Labute approximate surface area is 106 Å². The van der Waals surface area contributed by atoms with Crippen LogP contribution in [0.2, 0.25) is 0 Å². The van der Waals surface area contributed by atoms with Gasteiger partial charge in [0, 0.05) is 11.4 Å². The molecule has 0 saturated heterocycles. The quantitative estimate of drug-likeness (QED) is 0.424. The highest BCUT2D eigenvalue weighted by Crippen LogP contribution is 2.17. The van der Waals surface area contributed by atoms with E-state index in [9.17, 15) is 0 Å². The van der Waals surface area contributed by atoms with Gasteiger partial charge in [0.2, 0.25) is 0 Å². The van der Waals surface area contributed by atoms with Crippen LogP contribution in [0.1, 0.15) is 11.1 Å². The average molecular weight is 246 g/mol. The monoisotopic (exact) mass is 246 g/mol. The van der Waals surface area contributed by atoms with Crippen molar-refractivity contribution >= 4 is 11.4 Å². The highest BCUT2D eigenvalue weighted by Gasteiger charge is 1.92. The number of rotatable bonds is 0. The molecule has 0 atom stereocenters. The molecule has 6 N–H and O–H groups in total. The highest BCUT2D eigenvalue weighted by atomic mass is 16.3. The number of benzene rings is 2. The molecule has 0 saturated carbocycles. The van der Waals surface area contributed by atoms with E-state index in [-0.39, 0.29) is 5.75 Å². The summed E-state index contributed by atoms with van der Waals surface area (Å²) in [5.74, 6) is 0.561. The van der Waals surface area contributed by atoms with Crippen LogP contribution in [-0.2, 0) is 0 Å². The third kappa shape index (κ3) is 3.90. The van der Waals surface area contributed by atoms with Crippen LogP contribution in [0.5, 0.6) is 11.5 Å². The lowest BCUT2D eigenvalue weighted by molar-refractivity contribution is 0.471. The molecule has 4 heteroatoms. The number of nitrogen functional groups attached to an aromatic ring is 2. The minimum Gasteiger partial charge on any atom is -0.508 e. The Morgan fingerprint density at radius 2 is 1.50 bits per heavy atom. The first-order chi connectivity index (χ1) is 8.40. The van der Waals surface area contributed by atoms with Gasteiger partial charge in [0.1, 0.15) is 11.5 Å². The molecular weight excluding hydrogens is 228 g/mol. The molecule has 0 radical (unpaired) electrons. The van der Waals surface area contributed by atoms with Crippen molar-refractivity contribution in [2.75, 3.05) is 11.5 Å². The van der Waals surface area contributed by atoms with Crippen LogP contribution >= 0.6 is 0 Å². The minimum absolute atomic E-state index is 0.265. The lowest BCUT2D eigenvalue weighted by atomic mass is 10.2. The summed E-state index contributed by atoms with van der Waals surface area (Å²) in [4.78, 5) is 0. The van der Waals surface area contributed by atoms with E-state index in [2.05, 4.69) is 0 Å². The van der Waals surface area contributed by atoms with Crippen molar-refractivity contribution in [1.29, 1.82) is 0 Å². The van der Waals surface area contributed by atoms with E-state index in [0.29, 0.717) is 17.1 Å². The standard InChI is InChI=1S/2C7H9NO/c1-5-4-6(9)2-3-7(5)8;1-5-4-6(8)2-3-7(5)9/h2*2-4,9H,8H2,1H3. The zero-order valence-corrected chi connectivity index (χ0v) is 10.5. The van der Waals surface area contributed by atoms with Crippen LogP contribution in [0.15, 0.2) is 36.4 Å². The van der Waals surface area contributed by atoms with E-state index in [1.165, 1.54) is 0 Å². The first-order valence-corrected chi connectivity index (χ1v) is 5.50. The lowest BCUT2D eigenvalue weighted by Gasteiger charge is -1.97. The Balaban J connectivity index is 0.000000180. The molecule has 0 aliphatic rings. The number of aromatic hydroxyl groups is 2. The van der Waals surface area contributed by atoms with E-state index in [4.69, 9.17) is 21.7 Å². The van der Waals surface area contributed by atoms with Crippen molar-refractivity contribution in [2.24, 2.45) is 0 Å². The Hall–Kier alpha value is -2.36. The molecule has 0 heterocycles. The van der Waals surface area contributed by atoms with Gasteiger partial charge < -0.3 is 21.7 Å². The first kappa shape index (κ1) is 13.7. The molecule has 2 aromatic rings. The smallest absolute Gasteiger partial charge is 0.118 e. The number of hydrogen-bond donors (Lipinski definition) is 4. The number of aryl methyl sites for hydroxylation is 2. The fourth-order valence-corrected chi connectivity index (χ4v) is 1.34. The van der Waals surface area contributed by atoms with Gasteiger partial charge in [0.25, 0.3) is 0 Å². The molecule has 2 aromatic carbocycles. The highest BCUT2D eigenvalue weighted by molar-refractivity contribution is 5.49. The third-order valence-corrected chi connectivity index (χ3v) is 2.47. The topological polar surface area (TPSA) is 92.5 Å². The van der Waals surface area contributed by atoms with Crippen LogP contribution in [0, 0.1) is 13.8 Å². The largest absolute Gasteiger partial charge is 0.508 e. The molecule has 0 amide bonds. The Kier molecular flexibility index (Phi) is 4.43. The van der Waals surface area contributed by atoms with Crippen molar-refractivity contribution in [3.8, 4) is 11.5 Å². The lowest BCUT2D eigenvalue weighted by Crippen LogP contribution is -1.86. The fourth-order valence-electron chi connectivity index (χ4n) is 1.34. The fraction of sp³-hybridized carbons (Fsp3) is 0.143. The first-order valence-electron chi connectivity index (χ1n) is 5.50. The van der Waals surface area contributed by atoms with Crippen molar-refractivity contribution < 1.29 is 10.2 Å². The molecular formula is C14H18N2O2. The van der Waals surface area contributed by atoms with Gasteiger partial charge in [-0.2, -0.15) is 0 Å². The third-order valence-electron chi connectivity index (χ3n) is 2.47. The van der Waals surface area contributed by atoms with Crippen LogP contribution in [-0.4, -0.2) is 10.2 Å². The zero-order valence-electron chi connectivity index (χ0n) is 10.5. The maximum absolute atomic E-state index is 8.99. The molecule has 0 aliphatic heterocycles. The Bertz CT molecular complexity index is 490. The maximum atomic E-state index is 8.99. The van der Waals surface area contributed by atoms with E-state index in [0.717, 1.165) is 11.1 Å². The van der Waals surface area contributed by atoms with E-state index in [1.807, 2.05) is 13.8 Å². The van der Waals surface area contributed by atoms with Gasteiger partial charge in [-0.05, 0) is 61.4 Å². The molecule has 4 nitrogen and oxygen atoms in total. The van der Waals surface area contributed by atoms with Crippen molar-refractivity contribution in [2.45, 2.75) is 13.8 Å². The predicted octanol–water partition coefficient (Wildman–Crippen LogP) is 2.57. The SMILES string of the molecule is Cc1cc(N)ccc1O.Cc1cc(O)ccc1N. The Morgan fingerprint density at radius 3 is 1.94 bits per heavy atom. The molecule has 18 heavy (non-hydrogen) atoms. The summed E-state index contributed by atoms with van der Waals surface area (Å²) in [5, 5.41) is 17.9. The molecule has 0 fully saturated rings. The number of hydrogen-bond acceptors (Lipinski definition) is 4. The molecule has 0 spiro atoms. The van der Waals surface area contributed by atoms with Gasteiger partial charge in [-0.25, -0.2) is 0 Å². The molecule has 0 bridgehead atoms. The number of nitrogens with two attached hydrogens (primary N) is 2. The maximum Gasteiger partial charge on any atom is 0.118 e. The van der Waals surface area contributed by atoms with E-state index >= 15 is 0 Å². The number of phenolic OH excluding ortho intramolecular Hbond substituents is 2. The molecule has 0 aliphatic carbocycles. The van der Waals surface area contributed by atoms with Gasteiger partial charge >= 0.3 is 0 Å². The van der Waals surface area contributed by atoms with E-state index in [1.54, 1.807) is 36.4 Å². The van der Waals surface area contributed by atoms with Gasteiger partial charge in [0.15, 0.2) is 0 Å². The summed E-state index contributed by atoms with van der Waals surface area (Å²) in [7, 11) is 0. The summed E-state index contributed by atoms with van der Waals surface area (Å²) in [6, 6.07) is 9.88.